The third-order valence-electron chi connectivity index (χ3n) is 3.18. The van der Waals surface area contributed by atoms with Gasteiger partial charge in [-0.2, -0.15) is 9.36 Å². The minimum Gasteiger partial charge on any atom is -0.464 e. The number of nitrogens with two attached hydrogens (primary N) is 1. The molecular weight excluding hydrogens is 234 g/mol. The first-order chi connectivity index (χ1) is 8.29. The van der Waals surface area contributed by atoms with Gasteiger partial charge in [0, 0.05) is 24.0 Å². The molecule has 0 amide bonds. The van der Waals surface area contributed by atoms with Crippen LogP contribution in [-0.4, -0.2) is 21.5 Å². The van der Waals surface area contributed by atoms with Gasteiger partial charge >= 0.3 is 0 Å². The molecule has 0 saturated heterocycles. The smallest absolute Gasteiger partial charge is 0.293 e. The Morgan fingerprint density at radius 2 is 2.18 bits per heavy atom. The van der Waals surface area contributed by atoms with Crippen LogP contribution in [0.15, 0.2) is 0 Å². The summed E-state index contributed by atoms with van der Waals surface area (Å²) in [6.45, 7) is 2.13. The van der Waals surface area contributed by atoms with Crippen molar-refractivity contribution in [3.05, 3.63) is 5.82 Å². The van der Waals surface area contributed by atoms with Crippen LogP contribution in [0.5, 0.6) is 5.19 Å². The van der Waals surface area contributed by atoms with Crippen LogP contribution in [0, 0.1) is 0 Å². The fourth-order valence-corrected chi connectivity index (χ4v) is 2.82. The molecule has 96 valence electrons. The number of hydrogen-bond donors (Lipinski definition) is 1. The molecule has 1 heterocycles. The van der Waals surface area contributed by atoms with Gasteiger partial charge < -0.3 is 10.5 Å². The van der Waals surface area contributed by atoms with E-state index in [2.05, 4.69) is 16.3 Å². The van der Waals surface area contributed by atoms with Crippen LogP contribution in [0.3, 0.4) is 0 Å². The largest absolute Gasteiger partial charge is 0.464 e. The number of aryl methyl sites for hydroxylation is 1. The third kappa shape index (κ3) is 3.64. The number of ether oxygens (including phenoxy) is 1. The predicted octanol–water partition coefficient (Wildman–Crippen LogP) is 2.53. The molecule has 0 bridgehead atoms. The Bertz CT molecular complexity index is 342. The first-order valence-corrected chi connectivity index (χ1v) is 7.31. The first-order valence-electron chi connectivity index (χ1n) is 6.54. The molecule has 1 saturated carbocycles. The molecule has 0 spiro atoms. The third-order valence-corrected chi connectivity index (χ3v) is 3.82. The van der Waals surface area contributed by atoms with Crippen LogP contribution in [0.4, 0.5) is 0 Å². The zero-order valence-corrected chi connectivity index (χ0v) is 11.2. The molecule has 1 aliphatic rings. The van der Waals surface area contributed by atoms with E-state index in [4.69, 9.17) is 10.5 Å². The fourth-order valence-electron chi connectivity index (χ4n) is 2.19. The number of aromatic nitrogens is 2. The lowest BCUT2D eigenvalue weighted by molar-refractivity contribution is 0.162. The Labute approximate surface area is 107 Å². The second kappa shape index (κ2) is 6.31. The van der Waals surface area contributed by atoms with Gasteiger partial charge in [0.25, 0.3) is 5.19 Å². The van der Waals surface area contributed by atoms with Crippen molar-refractivity contribution in [2.75, 3.05) is 0 Å². The molecule has 5 heteroatoms. The van der Waals surface area contributed by atoms with E-state index in [0.29, 0.717) is 5.19 Å². The van der Waals surface area contributed by atoms with Gasteiger partial charge in [0.1, 0.15) is 11.9 Å². The molecule has 0 radical (unpaired) electrons. The highest BCUT2D eigenvalue weighted by Gasteiger charge is 2.23. The van der Waals surface area contributed by atoms with Crippen molar-refractivity contribution in [1.29, 1.82) is 0 Å². The lowest BCUT2D eigenvalue weighted by Crippen LogP contribution is -2.37. The van der Waals surface area contributed by atoms with Crippen LogP contribution in [0.2, 0.25) is 0 Å². The zero-order valence-electron chi connectivity index (χ0n) is 10.4. The Kier molecular flexibility index (Phi) is 4.74. The van der Waals surface area contributed by atoms with E-state index in [0.717, 1.165) is 31.5 Å². The molecular formula is C12H21N3OS. The van der Waals surface area contributed by atoms with Crippen molar-refractivity contribution in [2.45, 2.75) is 64.0 Å². The SMILES string of the molecule is CCCc1nsc(OC2CCCCCC2N)n1. The normalized spacial score (nSPS) is 25.5. The predicted molar refractivity (Wildman–Crippen MR) is 69.4 cm³/mol. The van der Waals surface area contributed by atoms with Crippen LogP contribution in [-0.2, 0) is 6.42 Å². The standard InChI is InChI=1S/C12H21N3OS/c1-2-6-11-14-12(17-15-11)16-10-8-5-3-4-7-9(10)13/h9-10H,2-8,13H2,1H3. The van der Waals surface area contributed by atoms with E-state index in [1.165, 1.54) is 30.8 Å². The molecule has 0 aliphatic heterocycles. The minimum atomic E-state index is 0.125. The fraction of sp³-hybridized carbons (Fsp3) is 0.833. The zero-order chi connectivity index (χ0) is 12.1. The van der Waals surface area contributed by atoms with Gasteiger partial charge in [-0.25, -0.2) is 0 Å². The topological polar surface area (TPSA) is 61.0 Å². The van der Waals surface area contributed by atoms with E-state index in [1.807, 2.05) is 0 Å². The molecule has 4 nitrogen and oxygen atoms in total. The Morgan fingerprint density at radius 1 is 1.35 bits per heavy atom. The Balaban J connectivity index is 1.93. The molecule has 2 rings (SSSR count). The van der Waals surface area contributed by atoms with Crippen LogP contribution in [0.1, 0.15) is 51.3 Å². The molecule has 2 atom stereocenters. The first kappa shape index (κ1) is 12.8. The van der Waals surface area contributed by atoms with Gasteiger partial charge in [-0.05, 0) is 25.7 Å². The van der Waals surface area contributed by atoms with E-state index in [-0.39, 0.29) is 12.1 Å². The van der Waals surface area contributed by atoms with Crippen molar-refractivity contribution in [3.8, 4) is 5.19 Å². The molecule has 1 aromatic rings. The number of hydrogen-bond acceptors (Lipinski definition) is 5. The average Bonchev–Trinajstić information content (AvgIpc) is 2.65. The van der Waals surface area contributed by atoms with E-state index >= 15 is 0 Å². The maximum absolute atomic E-state index is 6.12. The van der Waals surface area contributed by atoms with Gasteiger partial charge in [-0.3, -0.25) is 0 Å². The van der Waals surface area contributed by atoms with Crippen LogP contribution in [0.25, 0.3) is 0 Å². The average molecular weight is 255 g/mol. The molecule has 0 aromatic carbocycles. The minimum absolute atomic E-state index is 0.125. The monoisotopic (exact) mass is 255 g/mol. The summed E-state index contributed by atoms with van der Waals surface area (Å²) >= 11 is 1.35. The van der Waals surface area contributed by atoms with Gasteiger partial charge in [-0.15, -0.1) is 0 Å². The summed E-state index contributed by atoms with van der Waals surface area (Å²) in [7, 11) is 0. The molecule has 2 unspecified atom stereocenters. The highest BCUT2D eigenvalue weighted by molar-refractivity contribution is 7.07. The number of nitrogens with zero attached hydrogens (tertiary/aromatic N) is 2. The highest BCUT2D eigenvalue weighted by Crippen LogP contribution is 2.23. The quantitative estimate of drug-likeness (QED) is 0.840. The Morgan fingerprint density at radius 3 is 3.00 bits per heavy atom. The lowest BCUT2D eigenvalue weighted by Gasteiger charge is -2.20. The number of rotatable bonds is 4. The molecule has 1 aliphatic carbocycles. The molecule has 2 N–H and O–H groups in total. The van der Waals surface area contributed by atoms with Crippen LogP contribution >= 0.6 is 11.5 Å². The van der Waals surface area contributed by atoms with Crippen molar-refractivity contribution < 1.29 is 4.74 Å². The van der Waals surface area contributed by atoms with E-state index in [1.54, 1.807) is 0 Å². The summed E-state index contributed by atoms with van der Waals surface area (Å²) < 4.78 is 10.2. The lowest BCUT2D eigenvalue weighted by atomic mass is 10.1. The summed E-state index contributed by atoms with van der Waals surface area (Å²) in [5.41, 5.74) is 6.12. The molecule has 1 aromatic heterocycles. The van der Waals surface area contributed by atoms with Crippen molar-refractivity contribution in [1.82, 2.24) is 9.36 Å². The second-order valence-corrected chi connectivity index (χ2v) is 5.40. The summed E-state index contributed by atoms with van der Waals surface area (Å²) in [5, 5.41) is 0.691. The van der Waals surface area contributed by atoms with Crippen LogP contribution < -0.4 is 10.5 Å². The molecule has 17 heavy (non-hydrogen) atoms. The Hall–Kier alpha value is -0.680. The van der Waals surface area contributed by atoms with E-state index < -0.39 is 0 Å². The van der Waals surface area contributed by atoms with Crippen molar-refractivity contribution in [3.63, 3.8) is 0 Å². The van der Waals surface area contributed by atoms with Gasteiger partial charge in [0.15, 0.2) is 0 Å². The highest BCUT2D eigenvalue weighted by atomic mass is 32.1. The molecule has 1 fully saturated rings. The summed E-state index contributed by atoms with van der Waals surface area (Å²) in [6, 6.07) is 0.149. The summed E-state index contributed by atoms with van der Waals surface area (Å²) in [6.07, 6.45) is 7.92. The van der Waals surface area contributed by atoms with Crippen molar-refractivity contribution in [2.24, 2.45) is 5.73 Å². The van der Waals surface area contributed by atoms with E-state index in [9.17, 15) is 0 Å². The van der Waals surface area contributed by atoms with Gasteiger partial charge in [-0.1, -0.05) is 19.8 Å². The van der Waals surface area contributed by atoms with Gasteiger partial charge in [0.05, 0.1) is 0 Å². The maximum atomic E-state index is 6.12. The maximum Gasteiger partial charge on any atom is 0.293 e. The summed E-state index contributed by atoms with van der Waals surface area (Å²) in [5.74, 6) is 0.898. The van der Waals surface area contributed by atoms with Gasteiger partial charge in [0.2, 0.25) is 0 Å². The van der Waals surface area contributed by atoms with Crippen molar-refractivity contribution >= 4 is 11.5 Å². The summed E-state index contributed by atoms with van der Waals surface area (Å²) in [4.78, 5) is 4.39. The second-order valence-electron chi connectivity index (χ2n) is 4.68.